The number of hydrogen-bond donors (Lipinski definition) is 2. The normalized spacial score (nSPS) is 36.5. The summed E-state index contributed by atoms with van der Waals surface area (Å²) in [4.78, 5) is 0. The fourth-order valence-corrected chi connectivity index (χ4v) is 0.718. The molecule has 1 unspecified atom stereocenters. The molecule has 0 amide bonds. The third kappa shape index (κ3) is 0.763. The maximum atomic E-state index is 8.92. The molecule has 0 aromatic rings. The van der Waals surface area contributed by atoms with Crippen molar-refractivity contribution >= 4 is 12.6 Å². The van der Waals surface area contributed by atoms with Crippen LogP contribution >= 0.6 is 12.6 Å². The molecule has 1 heterocycles. The minimum atomic E-state index is -1.44. The van der Waals surface area contributed by atoms with Crippen LogP contribution < -0.4 is 0 Å². The zero-order chi connectivity index (χ0) is 6.20. The van der Waals surface area contributed by atoms with E-state index >= 15 is 0 Å². The summed E-state index contributed by atoms with van der Waals surface area (Å²) in [5.41, 5.74) is 8.70. The van der Waals surface area contributed by atoms with Gasteiger partial charge in [-0.05, 0) is 6.08 Å². The molecule has 1 atom stereocenters. The van der Waals surface area contributed by atoms with Crippen LogP contribution in [0.4, 0.5) is 0 Å². The zero-order valence-electron chi connectivity index (χ0n) is 4.15. The molecule has 0 aliphatic carbocycles. The molecular weight excluding hydrogens is 124 g/mol. The number of aliphatic hydroxyl groups is 1. The average Bonchev–Trinajstić information content (AvgIpc) is 1.86. The lowest BCUT2D eigenvalue weighted by molar-refractivity contribution is -0.613. The molecule has 8 heavy (non-hydrogen) atoms. The Balaban J connectivity index is 2.82. The monoisotopic (exact) mass is 130 g/mol. The summed E-state index contributed by atoms with van der Waals surface area (Å²) < 4.78 is 0.732. The molecule has 1 aliphatic rings. The van der Waals surface area contributed by atoms with Crippen LogP contribution in [0.2, 0.25) is 0 Å². The van der Waals surface area contributed by atoms with Gasteiger partial charge in [0.25, 0.3) is 0 Å². The number of rotatable bonds is 0. The van der Waals surface area contributed by atoms with Crippen molar-refractivity contribution in [3.05, 3.63) is 17.7 Å². The van der Waals surface area contributed by atoms with E-state index in [2.05, 4.69) is 12.6 Å². The predicted octanol–water partition coefficient (Wildman–Crippen LogP) is 0.166. The van der Waals surface area contributed by atoms with Crippen molar-refractivity contribution in [2.24, 2.45) is 0 Å². The fraction of sp³-hybridized carbons (Fsp3) is 0.500. The Hall–Kier alpha value is -0.350. The molecule has 0 saturated heterocycles. The highest BCUT2D eigenvalue weighted by Crippen LogP contribution is 2.18. The van der Waals surface area contributed by atoms with E-state index in [0.29, 0.717) is 6.54 Å². The maximum absolute atomic E-state index is 8.92. The van der Waals surface area contributed by atoms with E-state index in [9.17, 15) is 0 Å². The topological polar surface area (TPSA) is 45.5 Å². The molecule has 0 fully saturated rings. The number of nitrogens with zero attached hydrogens (tertiary/aromatic N) is 2. The van der Waals surface area contributed by atoms with Gasteiger partial charge < -0.3 is 10.6 Å². The molecule has 1 rings (SSSR count). The highest BCUT2D eigenvalue weighted by molar-refractivity contribution is 7.81. The number of thiol groups is 1. The van der Waals surface area contributed by atoms with Crippen molar-refractivity contribution in [2.45, 2.75) is 5.06 Å². The molecule has 0 bridgehead atoms. The van der Waals surface area contributed by atoms with Gasteiger partial charge in [0.2, 0.25) is 0 Å². The molecule has 0 saturated carbocycles. The zero-order valence-corrected chi connectivity index (χ0v) is 5.05. The van der Waals surface area contributed by atoms with Gasteiger partial charge in [0.1, 0.15) is 0 Å². The predicted molar refractivity (Wildman–Crippen MR) is 31.6 cm³/mol. The molecule has 0 aromatic carbocycles. The van der Waals surface area contributed by atoms with E-state index in [1.54, 1.807) is 6.08 Å². The Bertz CT molecular complexity index is 152. The molecule has 0 radical (unpaired) electrons. The molecule has 0 spiro atoms. The lowest BCUT2D eigenvalue weighted by Gasteiger charge is -2.11. The van der Waals surface area contributed by atoms with Crippen LogP contribution in [0.5, 0.6) is 0 Å². The van der Waals surface area contributed by atoms with E-state index in [0.717, 1.165) is 4.70 Å². The van der Waals surface area contributed by atoms with Crippen LogP contribution in [-0.4, -0.2) is 21.4 Å². The minimum absolute atomic E-state index is 0.333. The summed E-state index contributed by atoms with van der Waals surface area (Å²) >= 11 is 3.69. The van der Waals surface area contributed by atoms with Crippen LogP contribution in [0.3, 0.4) is 0 Å². The molecule has 1 N–H and O–H groups in total. The van der Waals surface area contributed by atoms with Gasteiger partial charge in [-0.3, -0.25) is 4.70 Å². The highest BCUT2D eigenvalue weighted by atomic mass is 32.1. The van der Waals surface area contributed by atoms with E-state index in [1.165, 1.54) is 6.08 Å². The average molecular weight is 130 g/mol. The summed E-state index contributed by atoms with van der Waals surface area (Å²) in [6.45, 7) is 0.333. The largest absolute Gasteiger partial charge is 0.503 e. The molecule has 0 aromatic heterocycles. The summed E-state index contributed by atoms with van der Waals surface area (Å²) in [5.74, 6) is 0. The van der Waals surface area contributed by atoms with Gasteiger partial charge in [-0.25, -0.2) is 0 Å². The highest BCUT2D eigenvalue weighted by Gasteiger charge is 2.30. The molecule has 3 nitrogen and oxygen atoms in total. The van der Waals surface area contributed by atoms with Crippen molar-refractivity contribution in [3.63, 3.8) is 0 Å². The van der Waals surface area contributed by atoms with E-state index in [4.69, 9.17) is 10.6 Å². The van der Waals surface area contributed by atoms with Crippen LogP contribution in [0, 0.1) is 0 Å². The van der Waals surface area contributed by atoms with E-state index in [-0.39, 0.29) is 0 Å². The Morgan fingerprint density at radius 2 is 2.50 bits per heavy atom. The lowest BCUT2D eigenvalue weighted by Crippen LogP contribution is -2.27. The summed E-state index contributed by atoms with van der Waals surface area (Å²) in [6, 6.07) is 0. The maximum Gasteiger partial charge on any atom is 0.322 e. The molecule has 4 heteroatoms. The van der Waals surface area contributed by atoms with Gasteiger partial charge in [0.15, 0.2) is 6.54 Å². The van der Waals surface area contributed by atoms with Gasteiger partial charge in [0.05, 0.1) is 0 Å². The second-order valence-corrected chi connectivity index (χ2v) is 2.33. The van der Waals surface area contributed by atoms with Crippen LogP contribution in [-0.2, 0) is 0 Å². The Kier molecular flexibility index (Phi) is 1.13. The van der Waals surface area contributed by atoms with E-state index in [1.807, 2.05) is 0 Å². The Morgan fingerprint density at radius 1 is 1.88 bits per heavy atom. The van der Waals surface area contributed by atoms with E-state index < -0.39 is 5.06 Å². The second-order valence-electron chi connectivity index (χ2n) is 1.67. The Morgan fingerprint density at radius 3 is 2.62 bits per heavy atom. The smallest absolute Gasteiger partial charge is 0.322 e. The first-order valence-electron chi connectivity index (χ1n) is 2.22. The third-order valence-corrected chi connectivity index (χ3v) is 1.38. The molecule has 1 aliphatic heterocycles. The first-order chi connectivity index (χ1) is 3.63. The minimum Gasteiger partial charge on any atom is -0.503 e. The number of hydrogen-bond acceptors (Lipinski definition) is 2. The van der Waals surface area contributed by atoms with Crippen molar-refractivity contribution < 1.29 is 9.80 Å². The van der Waals surface area contributed by atoms with Gasteiger partial charge in [-0.15, -0.1) is 0 Å². The van der Waals surface area contributed by atoms with Gasteiger partial charge in [-0.1, -0.05) is 12.6 Å². The first kappa shape index (κ1) is 5.78. The van der Waals surface area contributed by atoms with Crippen LogP contribution in [0.1, 0.15) is 0 Å². The van der Waals surface area contributed by atoms with Crippen molar-refractivity contribution in [1.29, 1.82) is 0 Å². The first-order valence-corrected chi connectivity index (χ1v) is 2.66. The standard InChI is InChI=1S/C4H6N2OS/c5-6-3-1-2-4(6,7)8/h1-2,7-8H,3H2. The summed E-state index contributed by atoms with van der Waals surface area (Å²) in [7, 11) is 0. The van der Waals surface area contributed by atoms with Gasteiger partial charge in [-0.2, -0.15) is 0 Å². The SMILES string of the molecule is [N-]=[N+]1CC=CC1(O)S. The Labute approximate surface area is 52.5 Å². The lowest BCUT2D eigenvalue weighted by atomic mass is 10.5. The third-order valence-electron chi connectivity index (χ3n) is 1.000. The summed E-state index contributed by atoms with van der Waals surface area (Å²) in [6.07, 6.45) is 3.04. The fourth-order valence-electron chi connectivity index (χ4n) is 0.531. The second kappa shape index (κ2) is 1.56. The van der Waals surface area contributed by atoms with Crippen molar-refractivity contribution in [3.8, 4) is 0 Å². The van der Waals surface area contributed by atoms with Crippen molar-refractivity contribution in [2.75, 3.05) is 6.54 Å². The molecule has 44 valence electrons. The van der Waals surface area contributed by atoms with Gasteiger partial charge in [0, 0.05) is 6.08 Å². The molecular formula is C4H6N2OS. The van der Waals surface area contributed by atoms with Gasteiger partial charge >= 0.3 is 5.06 Å². The van der Waals surface area contributed by atoms with Crippen LogP contribution in [0.15, 0.2) is 12.2 Å². The quantitative estimate of drug-likeness (QED) is 0.209. The van der Waals surface area contributed by atoms with Crippen molar-refractivity contribution in [1.82, 2.24) is 0 Å². The summed E-state index contributed by atoms with van der Waals surface area (Å²) in [5, 5.41) is 7.47. The van der Waals surface area contributed by atoms with Crippen LogP contribution in [0.25, 0.3) is 5.53 Å².